The molecule has 0 aliphatic carbocycles. The second-order valence-electron chi connectivity index (χ2n) is 3.41. The number of benzene rings is 1. The number of carbonyl (C=O) groups excluding carboxylic acids is 1. The molecule has 0 aliphatic rings. The molecule has 1 aromatic carbocycles. The normalized spacial score (nSPS) is 12.2. The maximum Gasteiger partial charge on any atom is 0.367 e. The van der Waals surface area contributed by atoms with Crippen LogP contribution in [-0.2, 0) is 14.9 Å². The van der Waals surface area contributed by atoms with Crippen LogP contribution in [0.1, 0.15) is 10.4 Å². The number of ether oxygens (including phenoxy) is 1. The van der Waals surface area contributed by atoms with E-state index in [1.54, 1.807) is 0 Å². The smallest absolute Gasteiger partial charge is 0.367 e. The van der Waals surface area contributed by atoms with Crippen LogP contribution < -0.4 is 5.46 Å². The zero-order chi connectivity index (χ0) is 14.8. The highest BCUT2D eigenvalue weighted by molar-refractivity contribution is 7.86. The third-order valence-electron chi connectivity index (χ3n) is 1.95. The molecule has 10 heteroatoms. The predicted octanol–water partition coefficient (Wildman–Crippen LogP) is -0.0857. The minimum absolute atomic E-state index is 0.0310. The first-order valence-corrected chi connectivity index (χ1v) is 6.01. The highest BCUT2D eigenvalue weighted by Gasteiger charge is 2.39. The Balaban J connectivity index is 2.85. The summed E-state index contributed by atoms with van der Waals surface area (Å²) in [4.78, 5) is 11.2. The first-order chi connectivity index (χ1) is 8.54. The zero-order valence-corrected chi connectivity index (χ0v) is 9.92. The number of halogens is 3. The summed E-state index contributed by atoms with van der Waals surface area (Å²) in [5.74, 6) is -2.65. The summed E-state index contributed by atoms with van der Waals surface area (Å²) in [6.45, 7) is -2.01. The Hall–Kier alpha value is -1.55. The van der Waals surface area contributed by atoms with E-state index in [1.807, 2.05) is 0 Å². The molecule has 0 spiro atoms. The number of carbonyl (C=O) groups is 1. The SMILES string of the molecule is [B]c1ccc(F)c(C(=O)OCC(F)(F)S(=O)(=O)[O-])c1. The Morgan fingerprint density at radius 2 is 2.00 bits per heavy atom. The van der Waals surface area contributed by atoms with Crippen LogP contribution >= 0.6 is 0 Å². The molecule has 0 aliphatic heterocycles. The number of rotatable bonds is 4. The van der Waals surface area contributed by atoms with Crippen LogP contribution in [0.2, 0.25) is 0 Å². The van der Waals surface area contributed by atoms with Gasteiger partial charge in [-0.15, -0.1) is 0 Å². The fraction of sp³-hybridized carbons (Fsp3) is 0.222. The molecule has 1 rings (SSSR count). The molecule has 0 atom stereocenters. The predicted molar refractivity (Wildman–Crippen MR) is 56.7 cm³/mol. The molecule has 0 amide bonds. The van der Waals surface area contributed by atoms with Crippen molar-refractivity contribution in [1.29, 1.82) is 0 Å². The van der Waals surface area contributed by atoms with Gasteiger partial charge in [0, 0.05) is 0 Å². The molecule has 0 N–H and O–H groups in total. The highest BCUT2D eigenvalue weighted by Crippen LogP contribution is 2.21. The third kappa shape index (κ3) is 3.71. The van der Waals surface area contributed by atoms with E-state index >= 15 is 0 Å². The van der Waals surface area contributed by atoms with Gasteiger partial charge in [-0.25, -0.2) is 17.6 Å². The monoisotopic (exact) mass is 293 g/mol. The van der Waals surface area contributed by atoms with Crippen LogP contribution in [0.4, 0.5) is 13.2 Å². The van der Waals surface area contributed by atoms with Crippen LogP contribution in [-0.4, -0.2) is 38.6 Å². The molecule has 19 heavy (non-hydrogen) atoms. The molecule has 0 fully saturated rings. The van der Waals surface area contributed by atoms with Gasteiger partial charge in [0.25, 0.3) is 0 Å². The van der Waals surface area contributed by atoms with E-state index in [-0.39, 0.29) is 5.46 Å². The molecule has 0 saturated heterocycles. The maximum absolute atomic E-state index is 13.2. The van der Waals surface area contributed by atoms with Crippen molar-refractivity contribution < 1.29 is 35.7 Å². The minimum atomic E-state index is -5.98. The molecular weight excluding hydrogens is 288 g/mol. The van der Waals surface area contributed by atoms with Crippen molar-refractivity contribution in [2.75, 3.05) is 6.61 Å². The van der Waals surface area contributed by atoms with Crippen LogP contribution in [0.5, 0.6) is 0 Å². The Labute approximate surface area is 107 Å². The maximum atomic E-state index is 13.2. The van der Waals surface area contributed by atoms with Crippen LogP contribution in [0.3, 0.4) is 0 Å². The van der Waals surface area contributed by atoms with Gasteiger partial charge in [-0.1, -0.05) is 17.6 Å². The largest absolute Gasteiger partial charge is 0.743 e. The van der Waals surface area contributed by atoms with Crippen molar-refractivity contribution >= 4 is 29.4 Å². The summed E-state index contributed by atoms with van der Waals surface area (Å²) in [6, 6.07) is 2.73. The summed E-state index contributed by atoms with van der Waals surface area (Å²) in [5, 5.41) is -4.79. The second-order valence-corrected chi connectivity index (χ2v) is 4.91. The van der Waals surface area contributed by atoms with Gasteiger partial charge in [0.15, 0.2) is 16.7 Å². The van der Waals surface area contributed by atoms with Crippen LogP contribution in [0.15, 0.2) is 18.2 Å². The molecule has 0 saturated carbocycles. The van der Waals surface area contributed by atoms with Gasteiger partial charge in [0.05, 0.1) is 5.56 Å². The summed E-state index contributed by atoms with van der Waals surface area (Å²) in [6.07, 6.45) is 0. The summed E-state index contributed by atoms with van der Waals surface area (Å²) in [5.41, 5.74) is -0.782. The fourth-order valence-electron chi connectivity index (χ4n) is 0.999. The average molecular weight is 293 g/mol. The summed E-state index contributed by atoms with van der Waals surface area (Å²) >= 11 is 0. The van der Waals surface area contributed by atoms with Gasteiger partial charge in [-0.05, 0) is 6.07 Å². The molecule has 5 nitrogen and oxygen atoms in total. The molecule has 1 aromatic rings. The lowest BCUT2D eigenvalue weighted by Crippen LogP contribution is -2.35. The van der Waals surface area contributed by atoms with Gasteiger partial charge in [-0.3, -0.25) is 0 Å². The molecule has 0 bridgehead atoms. The highest BCUT2D eigenvalue weighted by atomic mass is 32.2. The lowest BCUT2D eigenvalue weighted by molar-refractivity contribution is -0.0102. The van der Waals surface area contributed by atoms with E-state index in [0.29, 0.717) is 0 Å². The van der Waals surface area contributed by atoms with E-state index in [4.69, 9.17) is 7.85 Å². The van der Waals surface area contributed by atoms with Crippen molar-refractivity contribution in [2.24, 2.45) is 0 Å². The van der Waals surface area contributed by atoms with Crippen LogP contribution in [0, 0.1) is 5.82 Å². The minimum Gasteiger partial charge on any atom is -0.743 e. The quantitative estimate of drug-likeness (QED) is 0.440. The van der Waals surface area contributed by atoms with Crippen molar-refractivity contribution in [3.63, 3.8) is 0 Å². The standard InChI is InChI=1S/C9H6BF3O5S/c10-5-1-2-7(11)6(3-5)8(14)18-4-9(12,13)19(15,16)17/h1-3H,4H2,(H,15,16,17)/p-1. The molecule has 0 heterocycles. The second kappa shape index (κ2) is 5.21. The van der Waals surface area contributed by atoms with Crippen molar-refractivity contribution in [2.45, 2.75) is 5.25 Å². The van der Waals surface area contributed by atoms with E-state index in [1.165, 1.54) is 0 Å². The molecule has 102 valence electrons. The van der Waals surface area contributed by atoms with E-state index in [0.717, 1.165) is 18.2 Å². The van der Waals surface area contributed by atoms with Gasteiger partial charge in [0.2, 0.25) is 0 Å². The topological polar surface area (TPSA) is 83.5 Å². The Morgan fingerprint density at radius 1 is 1.42 bits per heavy atom. The van der Waals surface area contributed by atoms with E-state index in [9.17, 15) is 30.9 Å². The van der Waals surface area contributed by atoms with Gasteiger partial charge < -0.3 is 9.29 Å². The Bertz CT molecular complexity index is 602. The number of hydrogen-bond acceptors (Lipinski definition) is 5. The third-order valence-corrected chi connectivity index (χ3v) is 2.80. The summed E-state index contributed by atoms with van der Waals surface area (Å²) < 4.78 is 72.8. The van der Waals surface area contributed by atoms with Gasteiger partial charge in [-0.2, -0.15) is 8.78 Å². The average Bonchev–Trinajstić information content (AvgIpc) is 2.28. The van der Waals surface area contributed by atoms with Crippen molar-refractivity contribution in [3.8, 4) is 0 Å². The molecule has 0 unspecified atom stereocenters. The van der Waals surface area contributed by atoms with Crippen molar-refractivity contribution in [3.05, 3.63) is 29.6 Å². The Kier molecular flexibility index (Phi) is 4.26. The lowest BCUT2D eigenvalue weighted by atomic mass is 9.94. The first kappa shape index (κ1) is 15.5. The summed E-state index contributed by atoms with van der Waals surface area (Å²) in [7, 11) is -0.729. The molecule has 0 aromatic heterocycles. The molecular formula is C9H5BF3O5S-. The van der Waals surface area contributed by atoms with E-state index < -0.39 is 39.3 Å². The number of esters is 1. The first-order valence-electron chi connectivity index (χ1n) is 4.60. The fourth-order valence-corrected chi connectivity index (χ4v) is 1.20. The van der Waals surface area contributed by atoms with Crippen LogP contribution in [0.25, 0.3) is 0 Å². The Morgan fingerprint density at radius 3 is 2.53 bits per heavy atom. The van der Waals surface area contributed by atoms with Gasteiger partial charge in [0.1, 0.15) is 13.7 Å². The molecule has 2 radical (unpaired) electrons. The van der Waals surface area contributed by atoms with Gasteiger partial charge >= 0.3 is 11.2 Å². The lowest BCUT2D eigenvalue weighted by Gasteiger charge is -2.19. The number of alkyl halides is 2. The van der Waals surface area contributed by atoms with E-state index in [2.05, 4.69) is 4.74 Å². The number of hydrogen-bond donors (Lipinski definition) is 0. The van der Waals surface area contributed by atoms with Crippen molar-refractivity contribution in [1.82, 2.24) is 0 Å². The zero-order valence-electron chi connectivity index (χ0n) is 9.10.